The minimum Gasteiger partial charge on any atom is -0.494 e. The summed E-state index contributed by atoms with van der Waals surface area (Å²) in [5.41, 5.74) is 4.76. The van der Waals surface area contributed by atoms with Crippen molar-refractivity contribution in [2.45, 2.75) is 31.8 Å². The summed E-state index contributed by atoms with van der Waals surface area (Å²) in [6.07, 6.45) is 2.33. The summed E-state index contributed by atoms with van der Waals surface area (Å²) in [4.78, 5) is 24.1. The van der Waals surface area contributed by atoms with Crippen LogP contribution in [-0.4, -0.2) is 52.3 Å². The maximum absolute atomic E-state index is 13.2. The Morgan fingerprint density at radius 2 is 1.70 bits per heavy atom. The summed E-state index contributed by atoms with van der Waals surface area (Å²) < 4.78 is 0. The predicted molar refractivity (Wildman–Crippen MR) is 147 cm³/mol. The Morgan fingerprint density at radius 3 is 2.38 bits per heavy atom. The van der Waals surface area contributed by atoms with Crippen molar-refractivity contribution in [2.75, 3.05) is 19.6 Å². The summed E-state index contributed by atoms with van der Waals surface area (Å²) in [7, 11) is 0. The first-order chi connectivity index (χ1) is 18.1. The van der Waals surface area contributed by atoms with Crippen LogP contribution in [0.2, 0.25) is 0 Å². The Labute approximate surface area is 217 Å². The van der Waals surface area contributed by atoms with Crippen LogP contribution in [0.5, 0.6) is 5.88 Å². The molecule has 2 atom stereocenters. The lowest BCUT2D eigenvalue weighted by Gasteiger charge is -2.43. The number of carbonyl (C=O) groups excluding carboxylic acids is 1. The summed E-state index contributed by atoms with van der Waals surface area (Å²) in [5.74, 6) is 0.492. The molecule has 3 aliphatic rings. The highest BCUT2D eigenvalue weighted by molar-refractivity contribution is 6.21. The number of carbonyl (C=O) groups is 1. The van der Waals surface area contributed by atoms with Crippen molar-refractivity contribution >= 4 is 22.5 Å². The lowest BCUT2D eigenvalue weighted by atomic mass is 9.84. The molecule has 6 nitrogen and oxygen atoms in total. The molecule has 3 saturated heterocycles. The van der Waals surface area contributed by atoms with Crippen LogP contribution < -0.4 is 5.32 Å². The number of nitrogens with one attached hydrogen (secondary N) is 2. The van der Waals surface area contributed by atoms with Crippen molar-refractivity contribution in [1.29, 1.82) is 0 Å². The fourth-order valence-electron chi connectivity index (χ4n) is 5.79. The monoisotopic (exact) mass is 492 g/mol. The average Bonchev–Trinajstić information content (AvgIpc) is 3.28. The van der Waals surface area contributed by atoms with E-state index in [1.165, 1.54) is 12.8 Å². The van der Waals surface area contributed by atoms with Gasteiger partial charge in [-0.25, -0.2) is 0 Å². The molecule has 3 aromatic carbocycles. The van der Waals surface area contributed by atoms with Gasteiger partial charge >= 0.3 is 0 Å². The molecule has 0 spiro atoms. The molecule has 0 radical (unpaired) electrons. The van der Waals surface area contributed by atoms with E-state index in [1.54, 1.807) is 6.07 Å². The molecule has 4 aromatic rings. The molecule has 0 saturated carbocycles. The van der Waals surface area contributed by atoms with Gasteiger partial charge in [0.05, 0.1) is 23.4 Å². The first-order valence-electron chi connectivity index (χ1n) is 13.1. The molecule has 7 rings (SSSR count). The van der Waals surface area contributed by atoms with Crippen LogP contribution in [0.4, 0.5) is 0 Å². The molecule has 188 valence electrons. The number of aliphatic imine (C=N–C) groups is 1. The molecule has 2 bridgehead atoms. The Balaban J connectivity index is 1.39. The molecule has 3 N–H and O–H groups in total. The highest BCUT2D eigenvalue weighted by atomic mass is 16.3. The van der Waals surface area contributed by atoms with E-state index in [4.69, 9.17) is 4.99 Å². The lowest BCUT2D eigenvalue weighted by molar-refractivity contribution is 0.0907. The minimum atomic E-state index is -0.152. The molecule has 3 aliphatic heterocycles. The number of hydrogen-bond donors (Lipinski definition) is 3. The van der Waals surface area contributed by atoms with E-state index < -0.39 is 0 Å². The van der Waals surface area contributed by atoms with Gasteiger partial charge in [-0.15, -0.1) is 0 Å². The van der Waals surface area contributed by atoms with Gasteiger partial charge in [0.25, 0.3) is 5.91 Å². The van der Waals surface area contributed by atoms with Gasteiger partial charge < -0.3 is 20.3 Å². The summed E-state index contributed by atoms with van der Waals surface area (Å²) >= 11 is 0. The van der Waals surface area contributed by atoms with E-state index in [9.17, 15) is 9.90 Å². The second-order valence-corrected chi connectivity index (χ2v) is 10.3. The van der Waals surface area contributed by atoms with Crippen molar-refractivity contribution < 1.29 is 9.90 Å². The third kappa shape index (κ3) is 4.65. The van der Waals surface area contributed by atoms with Crippen LogP contribution in [0.3, 0.4) is 0 Å². The van der Waals surface area contributed by atoms with Gasteiger partial charge in [-0.3, -0.25) is 9.79 Å². The Hall–Kier alpha value is -3.90. The van der Waals surface area contributed by atoms with Crippen LogP contribution in [0.25, 0.3) is 10.9 Å². The predicted octanol–water partition coefficient (Wildman–Crippen LogP) is 5.30. The van der Waals surface area contributed by atoms with Gasteiger partial charge in [-0.05, 0) is 62.5 Å². The third-order valence-electron chi connectivity index (χ3n) is 7.89. The standard InChI is InChI=1S/C31H32N4O2/c1-20(21-8-4-2-5-9-21)32-30(36)24-12-13-26-25(18-24)28(31(37)34-26)29(23-10-6-3-7-11-23)33-27-19-35-16-14-22(27)15-17-35/h2-13,18,20,22,27,34,37H,14-17,19H2,1H3,(H,32,36)/t20-,27+/m1/s1. The van der Waals surface area contributed by atoms with Gasteiger partial charge in [0.15, 0.2) is 5.88 Å². The summed E-state index contributed by atoms with van der Waals surface area (Å²) in [6.45, 7) is 5.23. The van der Waals surface area contributed by atoms with Crippen LogP contribution in [0.15, 0.2) is 83.9 Å². The number of aromatic nitrogens is 1. The second kappa shape index (κ2) is 9.87. The highest BCUT2D eigenvalue weighted by Crippen LogP contribution is 2.34. The summed E-state index contributed by atoms with van der Waals surface area (Å²) in [6, 6.07) is 25.6. The maximum atomic E-state index is 13.2. The summed E-state index contributed by atoms with van der Waals surface area (Å²) in [5, 5.41) is 15.0. The number of aromatic hydroxyl groups is 1. The number of amides is 1. The molecule has 37 heavy (non-hydrogen) atoms. The van der Waals surface area contributed by atoms with E-state index in [0.717, 1.165) is 47.4 Å². The van der Waals surface area contributed by atoms with E-state index in [0.29, 0.717) is 17.0 Å². The van der Waals surface area contributed by atoms with Crippen LogP contribution in [0, 0.1) is 5.92 Å². The van der Waals surface area contributed by atoms with Gasteiger partial charge in [-0.2, -0.15) is 0 Å². The zero-order valence-electron chi connectivity index (χ0n) is 21.0. The number of benzene rings is 3. The number of fused-ring (bicyclic) bond motifs is 4. The molecule has 0 unspecified atom stereocenters. The van der Waals surface area contributed by atoms with Gasteiger partial charge in [0.1, 0.15) is 0 Å². The number of H-pyrrole nitrogens is 1. The maximum Gasteiger partial charge on any atom is 0.251 e. The topological polar surface area (TPSA) is 80.7 Å². The van der Waals surface area contributed by atoms with E-state index in [1.807, 2.05) is 79.7 Å². The van der Waals surface area contributed by atoms with E-state index >= 15 is 0 Å². The minimum absolute atomic E-state index is 0.0779. The first kappa shape index (κ1) is 23.5. The smallest absolute Gasteiger partial charge is 0.251 e. The fraction of sp³-hybridized carbons (Fsp3) is 0.290. The van der Waals surface area contributed by atoms with E-state index in [2.05, 4.69) is 15.2 Å². The SMILES string of the molecule is C[C@@H](NC(=O)c1ccc2[nH]c(O)c(C(=N[C@H]3CN4CCC3CC4)c3ccccc3)c2c1)c1ccccc1. The van der Waals surface area contributed by atoms with Crippen LogP contribution >= 0.6 is 0 Å². The number of piperidine rings is 3. The Bertz CT molecular complexity index is 1440. The number of nitrogens with zero attached hydrogens (tertiary/aromatic N) is 2. The van der Waals surface area contributed by atoms with Crippen molar-refractivity contribution in [1.82, 2.24) is 15.2 Å². The van der Waals surface area contributed by atoms with Crippen LogP contribution in [0.1, 0.15) is 52.9 Å². The number of aromatic amines is 1. The van der Waals surface area contributed by atoms with Gasteiger partial charge in [0.2, 0.25) is 0 Å². The van der Waals surface area contributed by atoms with Crippen molar-refractivity contribution in [2.24, 2.45) is 10.9 Å². The number of hydrogen-bond acceptors (Lipinski definition) is 4. The Morgan fingerprint density at radius 1 is 1.00 bits per heavy atom. The van der Waals surface area contributed by atoms with Gasteiger partial charge in [-0.1, -0.05) is 60.7 Å². The first-order valence-corrected chi connectivity index (χ1v) is 13.1. The molecular weight excluding hydrogens is 460 g/mol. The molecule has 1 aromatic heterocycles. The zero-order chi connectivity index (χ0) is 25.4. The molecule has 1 amide bonds. The lowest BCUT2D eigenvalue weighted by Crippen LogP contribution is -2.49. The van der Waals surface area contributed by atoms with Gasteiger partial charge in [0, 0.05) is 28.6 Å². The molecule has 3 fully saturated rings. The largest absolute Gasteiger partial charge is 0.494 e. The van der Waals surface area contributed by atoms with E-state index in [-0.39, 0.29) is 23.9 Å². The fourth-order valence-corrected chi connectivity index (χ4v) is 5.79. The Kier molecular flexibility index (Phi) is 6.26. The highest BCUT2D eigenvalue weighted by Gasteiger charge is 2.34. The molecular formula is C31H32N4O2. The molecule has 4 heterocycles. The van der Waals surface area contributed by atoms with Crippen molar-refractivity contribution in [3.63, 3.8) is 0 Å². The normalized spacial score (nSPS) is 22.2. The molecule has 0 aliphatic carbocycles. The number of rotatable bonds is 6. The second-order valence-electron chi connectivity index (χ2n) is 10.3. The third-order valence-corrected chi connectivity index (χ3v) is 7.89. The van der Waals surface area contributed by atoms with Crippen molar-refractivity contribution in [3.8, 4) is 5.88 Å². The van der Waals surface area contributed by atoms with Crippen molar-refractivity contribution in [3.05, 3.63) is 101 Å². The quantitative estimate of drug-likeness (QED) is 0.320. The zero-order valence-corrected chi connectivity index (χ0v) is 21.0. The van der Waals surface area contributed by atoms with Crippen LogP contribution in [-0.2, 0) is 0 Å². The molecule has 6 heteroatoms. The average molecular weight is 493 g/mol.